The van der Waals surface area contributed by atoms with Crippen LogP contribution >= 0.6 is 0 Å². The van der Waals surface area contributed by atoms with Gasteiger partial charge in [-0.2, -0.15) is 0 Å². The van der Waals surface area contributed by atoms with E-state index >= 15 is 0 Å². The molecule has 10 heteroatoms. The Labute approximate surface area is 208 Å². The first-order chi connectivity index (χ1) is 16.7. The third-order valence-corrected chi connectivity index (χ3v) is 10.9. The highest BCUT2D eigenvalue weighted by Crippen LogP contribution is 2.35. The van der Waals surface area contributed by atoms with Crippen LogP contribution < -0.4 is 9.47 Å². The molecule has 3 rings (SSSR count). The van der Waals surface area contributed by atoms with Gasteiger partial charge in [0, 0.05) is 0 Å². The molecule has 1 aliphatic carbocycles. The fourth-order valence-electron chi connectivity index (χ4n) is 4.18. The molecule has 0 N–H and O–H groups in total. The van der Waals surface area contributed by atoms with Crippen LogP contribution in [0.2, 0.25) is 0 Å². The minimum absolute atomic E-state index is 0.0247. The van der Waals surface area contributed by atoms with E-state index in [-0.39, 0.29) is 17.3 Å². The van der Waals surface area contributed by atoms with E-state index in [4.69, 9.17) is 9.47 Å². The van der Waals surface area contributed by atoms with Gasteiger partial charge in [0.05, 0.1) is 18.5 Å². The molecule has 0 atom stereocenters. The van der Waals surface area contributed by atoms with Gasteiger partial charge < -0.3 is 15.0 Å². The Morgan fingerprint density at radius 1 is 0.914 bits per heavy atom. The van der Waals surface area contributed by atoms with E-state index in [0.29, 0.717) is 55.2 Å². The van der Waals surface area contributed by atoms with E-state index in [2.05, 4.69) is 11.7 Å². The topological polar surface area (TPSA) is 123 Å². The van der Waals surface area contributed by atoms with Crippen molar-refractivity contribution in [1.82, 2.24) is 0 Å². The Kier molecular flexibility index (Phi) is 9.33. The number of benzene rings is 2. The first-order valence-electron chi connectivity index (χ1n) is 12.3. The maximum atomic E-state index is 13.6. The molecule has 1 saturated carbocycles. The Balaban J connectivity index is 2.08. The number of fused-ring (bicyclic) bond motifs is 1. The zero-order valence-electron chi connectivity index (χ0n) is 20.4. The predicted molar refractivity (Wildman–Crippen MR) is 136 cm³/mol. The summed E-state index contributed by atoms with van der Waals surface area (Å²) in [5, 5.41) is 0.383. The zero-order valence-corrected chi connectivity index (χ0v) is 22.0. The Hall–Kier alpha value is -2.42. The van der Waals surface area contributed by atoms with Crippen molar-refractivity contribution in [2.45, 2.75) is 81.8 Å². The first-order valence-corrected chi connectivity index (χ1v) is 15.3. The Morgan fingerprint density at radius 2 is 1.57 bits per heavy atom. The van der Waals surface area contributed by atoms with Gasteiger partial charge in [0.1, 0.15) is 16.4 Å². The van der Waals surface area contributed by atoms with Crippen LogP contribution in [-0.4, -0.2) is 44.5 Å². The summed E-state index contributed by atoms with van der Waals surface area (Å²) in [5.74, 6) is 0.676. The molecular weight excluding hydrogens is 488 g/mol. The van der Waals surface area contributed by atoms with Crippen LogP contribution in [0, 0.1) is 0 Å². The number of hydrogen-bond donors (Lipinski definition) is 0. The summed E-state index contributed by atoms with van der Waals surface area (Å²) in [6.07, 6.45) is 6.41. The van der Waals surface area contributed by atoms with Crippen molar-refractivity contribution in [2.75, 3.05) is 13.2 Å². The third kappa shape index (κ3) is 6.23. The summed E-state index contributed by atoms with van der Waals surface area (Å²) in [6.45, 7) is 4.89. The molecule has 0 unspecified atom stereocenters. The molecule has 0 spiro atoms. The van der Waals surface area contributed by atoms with Gasteiger partial charge in [0.25, 0.3) is 19.7 Å². The lowest BCUT2D eigenvalue weighted by molar-refractivity contribution is 0.00368. The van der Waals surface area contributed by atoms with Gasteiger partial charge >= 0.3 is 4.38 Å². The smallest absolute Gasteiger partial charge is 0.494 e. The van der Waals surface area contributed by atoms with Crippen molar-refractivity contribution in [3.05, 3.63) is 35.9 Å². The van der Waals surface area contributed by atoms with E-state index in [0.717, 1.165) is 25.7 Å². The molecule has 1 fully saturated rings. The molecule has 0 aliphatic heterocycles. The molecular formula is C25H34N2O6S2. The van der Waals surface area contributed by atoms with Crippen LogP contribution in [0.15, 0.2) is 35.2 Å². The van der Waals surface area contributed by atoms with Crippen LogP contribution in [0.1, 0.15) is 71.6 Å². The third-order valence-electron chi connectivity index (χ3n) is 6.23. The number of rotatable bonds is 10. The number of ether oxygens (including phenoxy) is 2. The van der Waals surface area contributed by atoms with Gasteiger partial charge in [-0.15, -0.1) is 4.79 Å². The van der Waals surface area contributed by atoms with E-state index in [1.165, 1.54) is 6.07 Å². The average molecular weight is 523 g/mol. The number of sulfone groups is 2. The van der Waals surface area contributed by atoms with E-state index in [1.807, 2.05) is 6.92 Å². The van der Waals surface area contributed by atoms with E-state index < -0.39 is 29.3 Å². The van der Waals surface area contributed by atoms with Crippen LogP contribution in [0.3, 0.4) is 0 Å². The van der Waals surface area contributed by atoms with Gasteiger partial charge in [-0.1, -0.05) is 52.0 Å². The van der Waals surface area contributed by atoms with E-state index in [9.17, 15) is 22.4 Å². The molecule has 2 aromatic rings. The van der Waals surface area contributed by atoms with Gasteiger partial charge in [-0.3, -0.25) is 0 Å². The SMILES string of the molecule is CCCCOc1ccc2cc(S(=O)(=O)C(=[N+]=[N-])S(=O)(=O)C3CCCCC3)c(OCCCC)cc2c1. The summed E-state index contributed by atoms with van der Waals surface area (Å²) in [4.78, 5) is 2.50. The molecule has 0 amide bonds. The van der Waals surface area contributed by atoms with Gasteiger partial charge in [0.15, 0.2) is 0 Å². The van der Waals surface area contributed by atoms with Crippen LogP contribution in [-0.2, 0) is 19.7 Å². The molecule has 0 aromatic heterocycles. The monoisotopic (exact) mass is 522 g/mol. The number of nitrogens with zero attached hydrogens (tertiary/aromatic N) is 2. The molecule has 8 nitrogen and oxygen atoms in total. The zero-order chi connectivity index (χ0) is 25.5. The van der Waals surface area contributed by atoms with Gasteiger partial charge in [-0.25, -0.2) is 16.8 Å². The summed E-state index contributed by atoms with van der Waals surface area (Å²) in [6, 6.07) is 8.21. The van der Waals surface area contributed by atoms with Crippen molar-refractivity contribution >= 4 is 34.8 Å². The maximum absolute atomic E-state index is 13.6. The lowest BCUT2D eigenvalue weighted by Gasteiger charge is -2.19. The maximum Gasteiger partial charge on any atom is 0.500 e. The fourth-order valence-corrected chi connectivity index (χ4v) is 8.40. The molecule has 2 aromatic carbocycles. The van der Waals surface area contributed by atoms with Crippen molar-refractivity contribution < 1.29 is 31.1 Å². The molecule has 0 radical (unpaired) electrons. The molecule has 192 valence electrons. The highest BCUT2D eigenvalue weighted by Gasteiger charge is 2.48. The summed E-state index contributed by atoms with van der Waals surface area (Å²) < 4.78 is 64.0. The number of hydrogen-bond acceptors (Lipinski definition) is 6. The van der Waals surface area contributed by atoms with Gasteiger partial charge in [-0.05, 0) is 60.7 Å². The lowest BCUT2D eigenvalue weighted by atomic mass is 10.0. The standard InChI is InChI=1S/C25H34N2O6S2/c1-3-5-14-32-21-13-12-19-18-24(23(17-20(19)16-21)33-15-6-4-2)35(30,31)25(27-26)34(28,29)22-10-8-7-9-11-22/h12-13,16-18,22H,3-11,14-15H2,1-2H3. The first kappa shape index (κ1) is 27.2. The average Bonchev–Trinajstić information content (AvgIpc) is 2.84. The minimum Gasteiger partial charge on any atom is -0.494 e. The minimum atomic E-state index is -4.69. The van der Waals surface area contributed by atoms with Crippen molar-refractivity contribution in [1.29, 1.82) is 0 Å². The van der Waals surface area contributed by atoms with Crippen LogP contribution in [0.25, 0.3) is 16.3 Å². The normalized spacial score (nSPS) is 15.0. The fraction of sp³-hybridized carbons (Fsp3) is 0.560. The van der Waals surface area contributed by atoms with Crippen LogP contribution in [0.5, 0.6) is 11.5 Å². The largest absolute Gasteiger partial charge is 0.500 e. The van der Waals surface area contributed by atoms with E-state index in [1.54, 1.807) is 24.3 Å². The molecule has 0 heterocycles. The molecule has 35 heavy (non-hydrogen) atoms. The van der Waals surface area contributed by atoms with Crippen molar-refractivity contribution in [3.8, 4) is 11.5 Å². The second-order valence-electron chi connectivity index (χ2n) is 8.89. The quantitative estimate of drug-likeness (QED) is 0.137. The summed E-state index contributed by atoms with van der Waals surface area (Å²) in [5.41, 5.74) is 9.62. The predicted octanol–water partition coefficient (Wildman–Crippen LogP) is 5.30. The highest BCUT2D eigenvalue weighted by molar-refractivity contribution is 8.31. The van der Waals surface area contributed by atoms with Crippen LogP contribution in [0.4, 0.5) is 0 Å². The Bertz CT molecular complexity index is 1290. The van der Waals surface area contributed by atoms with Crippen molar-refractivity contribution in [2.24, 2.45) is 0 Å². The summed E-state index contributed by atoms with van der Waals surface area (Å²) in [7, 11) is -9.05. The lowest BCUT2D eigenvalue weighted by Crippen LogP contribution is -2.35. The summed E-state index contributed by atoms with van der Waals surface area (Å²) >= 11 is 0. The second-order valence-corrected chi connectivity index (χ2v) is 13.1. The number of unbranched alkanes of at least 4 members (excludes halogenated alkanes) is 2. The molecule has 0 bridgehead atoms. The molecule has 0 saturated heterocycles. The highest BCUT2D eigenvalue weighted by atomic mass is 32.3. The van der Waals surface area contributed by atoms with Gasteiger partial charge in [0.2, 0.25) is 0 Å². The molecule has 1 aliphatic rings. The second kappa shape index (κ2) is 12.0. The van der Waals surface area contributed by atoms with Crippen molar-refractivity contribution in [3.63, 3.8) is 0 Å². The Morgan fingerprint density at radius 3 is 2.20 bits per heavy atom.